The van der Waals surface area contributed by atoms with Gasteiger partial charge in [0.25, 0.3) is 5.91 Å². The molecule has 0 aromatic heterocycles. The van der Waals surface area contributed by atoms with Crippen LogP contribution >= 0.6 is 12.2 Å². The maximum Gasteiger partial charge on any atom is 0.257 e. The number of hydrogen-bond acceptors (Lipinski definition) is 4. The van der Waals surface area contributed by atoms with Crippen LogP contribution in [-0.2, 0) is 10.0 Å². The molecule has 0 fully saturated rings. The molecule has 0 heterocycles. The van der Waals surface area contributed by atoms with Crippen molar-refractivity contribution in [3.63, 3.8) is 0 Å². The van der Waals surface area contributed by atoms with Crippen molar-refractivity contribution < 1.29 is 13.2 Å². The topological polar surface area (TPSA) is 78.5 Å². The van der Waals surface area contributed by atoms with Crippen LogP contribution in [0.15, 0.2) is 53.4 Å². The van der Waals surface area contributed by atoms with E-state index in [1.807, 2.05) is 12.1 Å². The fourth-order valence-electron chi connectivity index (χ4n) is 2.28. The molecule has 144 valence electrons. The van der Waals surface area contributed by atoms with Gasteiger partial charge in [-0.05, 0) is 60.1 Å². The van der Waals surface area contributed by atoms with Crippen LogP contribution in [0.3, 0.4) is 0 Å². The lowest BCUT2D eigenvalue weighted by Crippen LogP contribution is -2.34. The Morgan fingerprint density at radius 1 is 1.00 bits per heavy atom. The summed E-state index contributed by atoms with van der Waals surface area (Å²) < 4.78 is 25.3. The first-order chi connectivity index (χ1) is 12.6. The summed E-state index contributed by atoms with van der Waals surface area (Å²) in [6, 6.07) is 13.5. The Kier molecular flexibility index (Phi) is 6.69. The zero-order valence-electron chi connectivity index (χ0n) is 15.7. The number of carbonyl (C=O) groups is 1. The molecule has 2 aromatic carbocycles. The maximum absolute atomic E-state index is 12.3. The largest absolute Gasteiger partial charge is 0.332 e. The van der Waals surface area contributed by atoms with Crippen molar-refractivity contribution in [3.05, 3.63) is 59.7 Å². The molecule has 0 saturated heterocycles. The molecule has 0 aliphatic carbocycles. The SMILES string of the molecule is CC(C)c1ccc(C(=O)NC(=S)Nc2ccc(S(=O)(=O)N(C)C)cc2)cc1. The van der Waals surface area contributed by atoms with Gasteiger partial charge in [-0.15, -0.1) is 0 Å². The van der Waals surface area contributed by atoms with Crippen molar-refractivity contribution in [2.45, 2.75) is 24.7 Å². The Morgan fingerprint density at radius 2 is 1.56 bits per heavy atom. The van der Waals surface area contributed by atoms with Gasteiger partial charge in [-0.3, -0.25) is 10.1 Å². The van der Waals surface area contributed by atoms with Gasteiger partial charge in [0.2, 0.25) is 10.0 Å². The van der Waals surface area contributed by atoms with Gasteiger partial charge in [0, 0.05) is 25.3 Å². The van der Waals surface area contributed by atoms with E-state index in [4.69, 9.17) is 12.2 Å². The Labute approximate surface area is 165 Å². The van der Waals surface area contributed by atoms with Gasteiger partial charge in [-0.25, -0.2) is 12.7 Å². The predicted octanol–water partition coefficient (Wildman–Crippen LogP) is 3.19. The maximum atomic E-state index is 12.3. The number of sulfonamides is 1. The summed E-state index contributed by atoms with van der Waals surface area (Å²) in [7, 11) is -0.540. The van der Waals surface area contributed by atoms with Gasteiger partial charge in [-0.1, -0.05) is 26.0 Å². The third-order valence-electron chi connectivity index (χ3n) is 3.96. The normalized spacial score (nSPS) is 11.5. The van der Waals surface area contributed by atoms with Crippen molar-refractivity contribution in [1.82, 2.24) is 9.62 Å². The lowest BCUT2D eigenvalue weighted by molar-refractivity contribution is 0.0977. The number of rotatable bonds is 5. The zero-order valence-corrected chi connectivity index (χ0v) is 17.3. The molecule has 0 aliphatic rings. The average molecular weight is 406 g/mol. The van der Waals surface area contributed by atoms with E-state index in [1.54, 1.807) is 24.3 Å². The number of hydrogen-bond donors (Lipinski definition) is 2. The van der Waals surface area contributed by atoms with E-state index >= 15 is 0 Å². The van der Waals surface area contributed by atoms with Crippen molar-refractivity contribution in [2.75, 3.05) is 19.4 Å². The molecule has 0 saturated carbocycles. The average Bonchev–Trinajstić information content (AvgIpc) is 2.62. The van der Waals surface area contributed by atoms with Gasteiger partial charge < -0.3 is 5.32 Å². The lowest BCUT2D eigenvalue weighted by Gasteiger charge is -2.13. The smallest absolute Gasteiger partial charge is 0.257 e. The standard InChI is InChI=1S/C19H23N3O3S2/c1-13(2)14-5-7-15(8-6-14)18(23)21-19(26)20-16-9-11-17(12-10-16)27(24,25)22(3)4/h5-13H,1-4H3,(H2,20,21,23,26). The molecular formula is C19H23N3O3S2. The second-order valence-electron chi connectivity index (χ2n) is 6.50. The van der Waals surface area contributed by atoms with Crippen LogP contribution in [0.1, 0.15) is 35.7 Å². The Balaban J connectivity index is 2.00. The minimum atomic E-state index is -3.48. The number of nitrogens with one attached hydrogen (secondary N) is 2. The van der Waals surface area contributed by atoms with E-state index in [0.29, 0.717) is 17.2 Å². The van der Waals surface area contributed by atoms with Crippen molar-refractivity contribution in [2.24, 2.45) is 0 Å². The zero-order chi connectivity index (χ0) is 20.2. The number of amides is 1. The minimum absolute atomic E-state index is 0.135. The number of benzene rings is 2. The number of nitrogens with zero attached hydrogens (tertiary/aromatic N) is 1. The van der Waals surface area contributed by atoms with Crippen LogP contribution in [0.5, 0.6) is 0 Å². The number of carbonyl (C=O) groups excluding carboxylic acids is 1. The third-order valence-corrected chi connectivity index (χ3v) is 5.99. The molecule has 2 N–H and O–H groups in total. The summed E-state index contributed by atoms with van der Waals surface area (Å²) in [5, 5.41) is 5.62. The fraction of sp³-hybridized carbons (Fsp3) is 0.263. The van der Waals surface area contributed by atoms with E-state index in [1.165, 1.54) is 26.2 Å². The summed E-state index contributed by atoms with van der Waals surface area (Å²) in [5.74, 6) is 0.0822. The van der Waals surface area contributed by atoms with Gasteiger partial charge in [0.1, 0.15) is 0 Å². The summed E-state index contributed by atoms with van der Waals surface area (Å²) in [6.45, 7) is 4.17. The molecule has 0 radical (unpaired) electrons. The molecule has 8 heteroatoms. The molecule has 0 aliphatic heterocycles. The predicted molar refractivity (Wildman–Crippen MR) is 112 cm³/mol. The van der Waals surface area contributed by atoms with Gasteiger partial charge in [-0.2, -0.15) is 0 Å². The Hall–Kier alpha value is -2.29. The highest BCUT2D eigenvalue weighted by molar-refractivity contribution is 7.89. The second-order valence-corrected chi connectivity index (χ2v) is 9.06. The van der Waals surface area contributed by atoms with E-state index in [9.17, 15) is 13.2 Å². The Morgan fingerprint density at radius 3 is 2.04 bits per heavy atom. The highest BCUT2D eigenvalue weighted by Crippen LogP contribution is 2.17. The lowest BCUT2D eigenvalue weighted by atomic mass is 10.0. The molecule has 0 atom stereocenters. The Bertz CT molecular complexity index is 920. The summed E-state index contributed by atoms with van der Waals surface area (Å²) in [5.41, 5.74) is 2.24. The fourth-order valence-corrected chi connectivity index (χ4v) is 3.39. The first-order valence-corrected chi connectivity index (χ1v) is 10.2. The summed E-state index contributed by atoms with van der Waals surface area (Å²) in [6.07, 6.45) is 0. The molecule has 2 rings (SSSR count). The molecule has 27 heavy (non-hydrogen) atoms. The minimum Gasteiger partial charge on any atom is -0.332 e. The number of thiocarbonyl (C=S) groups is 1. The van der Waals surface area contributed by atoms with Crippen molar-refractivity contribution >= 4 is 38.9 Å². The van der Waals surface area contributed by atoms with E-state index < -0.39 is 10.0 Å². The highest BCUT2D eigenvalue weighted by atomic mass is 32.2. The molecular weight excluding hydrogens is 382 g/mol. The van der Waals surface area contributed by atoms with E-state index in [0.717, 1.165) is 9.87 Å². The molecule has 2 aromatic rings. The quantitative estimate of drug-likeness (QED) is 0.747. The molecule has 0 unspecified atom stereocenters. The van der Waals surface area contributed by atoms with E-state index in [-0.39, 0.29) is 15.9 Å². The first kappa shape index (κ1) is 21.0. The first-order valence-electron chi connectivity index (χ1n) is 8.36. The third kappa shape index (κ3) is 5.35. The van der Waals surface area contributed by atoms with Crippen LogP contribution in [0.2, 0.25) is 0 Å². The second kappa shape index (κ2) is 8.60. The molecule has 1 amide bonds. The van der Waals surface area contributed by atoms with Gasteiger partial charge in [0.05, 0.1) is 4.90 Å². The monoisotopic (exact) mass is 405 g/mol. The van der Waals surface area contributed by atoms with Gasteiger partial charge >= 0.3 is 0 Å². The number of anilines is 1. The van der Waals surface area contributed by atoms with Crippen LogP contribution in [0.25, 0.3) is 0 Å². The summed E-state index contributed by atoms with van der Waals surface area (Å²) >= 11 is 5.16. The van der Waals surface area contributed by atoms with Crippen molar-refractivity contribution in [3.8, 4) is 0 Å². The van der Waals surface area contributed by atoms with Crippen molar-refractivity contribution in [1.29, 1.82) is 0 Å². The molecule has 0 spiro atoms. The van der Waals surface area contributed by atoms with Crippen LogP contribution in [0.4, 0.5) is 5.69 Å². The molecule has 6 nitrogen and oxygen atoms in total. The van der Waals surface area contributed by atoms with Gasteiger partial charge in [0.15, 0.2) is 5.11 Å². The summed E-state index contributed by atoms with van der Waals surface area (Å²) in [4.78, 5) is 12.4. The van der Waals surface area contributed by atoms with Crippen LogP contribution in [0, 0.1) is 0 Å². The van der Waals surface area contributed by atoms with E-state index in [2.05, 4.69) is 24.5 Å². The van der Waals surface area contributed by atoms with Crippen LogP contribution in [-0.4, -0.2) is 37.8 Å². The molecule has 0 bridgehead atoms. The van der Waals surface area contributed by atoms with Crippen LogP contribution < -0.4 is 10.6 Å². The highest BCUT2D eigenvalue weighted by Gasteiger charge is 2.16.